The van der Waals surface area contributed by atoms with Crippen LogP contribution in [-0.2, 0) is 0 Å². The minimum atomic E-state index is -0.284. The minimum absolute atomic E-state index is 0. The molecule has 0 fully saturated rings. The quantitative estimate of drug-likeness (QED) is 0.564. The predicted molar refractivity (Wildman–Crippen MR) is 104 cm³/mol. The number of nitrogens with zero attached hydrogens (tertiary/aromatic N) is 1. The van der Waals surface area contributed by atoms with Crippen LogP contribution in [0.15, 0.2) is 54.6 Å². The third-order valence-corrected chi connectivity index (χ3v) is 3.94. The summed E-state index contributed by atoms with van der Waals surface area (Å²) in [4.78, 5) is 15.0. The molecule has 3 nitrogen and oxygen atoms in total. The monoisotopic (exact) mass is 346 g/mol. The van der Waals surface area contributed by atoms with E-state index in [0.29, 0.717) is 0 Å². The number of unbranched alkanes of at least 4 members (excludes halogenated alkanes) is 1. The molecule has 2 rings (SSSR count). The molecule has 0 spiro atoms. The van der Waals surface area contributed by atoms with Crippen LogP contribution >= 0.6 is 12.4 Å². The second-order valence-corrected chi connectivity index (χ2v) is 5.96. The normalized spacial score (nSPS) is 11.5. The highest BCUT2D eigenvalue weighted by Gasteiger charge is 2.21. The van der Waals surface area contributed by atoms with E-state index < -0.39 is 0 Å². The van der Waals surface area contributed by atoms with Gasteiger partial charge in [-0.25, -0.2) is 0 Å². The van der Waals surface area contributed by atoms with E-state index in [1.165, 1.54) is 0 Å². The summed E-state index contributed by atoms with van der Waals surface area (Å²) >= 11 is 0. The van der Waals surface area contributed by atoms with Crippen LogP contribution in [0.4, 0.5) is 5.69 Å². The Bertz CT molecular complexity index is 611. The first-order valence-electron chi connectivity index (χ1n) is 8.23. The van der Waals surface area contributed by atoms with Gasteiger partial charge in [-0.05, 0) is 42.8 Å². The van der Waals surface area contributed by atoms with Crippen LogP contribution < -0.4 is 10.2 Å². The molecule has 0 amide bonds. The van der Waals surface area contributed by atoms with Crippen LogP contribution in [0.3, 0.4) is 0 Å². The van der Waals surface area contributed by atoms with Crippen LogP contribution in [0.25, 0.3) is 0 Å². The molecule has 0 radical (unpaired) electrons. The van der Waals surface area contributed by atoms with Crippen molar-refractivity contribution in [3.8, 4) is 0 Å². The molecule has 0 aliphatic carbocycles. The van der Waals surface area contributed by atoms with E-state index in [-0.39, 0.29) is 24.2 Å². The number of hydrogen-bond donors (Lipinski definition) is 1. The van der Waals surface area contributed by atoms with E-state index in [4.69, 9.17) is 0 Å². The first-order chi connectivity index (χ1) is 11.1. The zero-order valence-electron chi connectivity index (χ0n) is 14.7. The van der Waals surface area contributed by atoms with Crippen LogP contribution in [0.5, 0.6) is 0 Å². The molecule has 0 aliphatic rings. The van der Waals surface area contributed by atoms with Crippen LogP contribution in [0.1, 0.15) is 41.7 Å². The zero-order valence-corrected chi connectivity index (χ0v) is 15.5. The first-order valence-corrected chi connectivity index (χ1v) is 8.23. The molecule has 0 aromatic heterocycles. The summed E-state index contributed by atoms with van der Waals surface area (Å²) in [6.45, 7) is 3.00. The van der Waals surface area contributed by atoms with Gasteiger partial charge in [0.2, 0.25) is 0 Å². The fraction of sp³-hybridized carbons (Fsp3) is 0.350. The fourth-order valence-corrected chi connectivity index (χ4v) is 2.52. The van der Waals surface area contributed by atoms with E-state index in [1.54, 1.807) is 0 Å². The summed E-state index contributed by atoms with van der Waals surface area (Å²) in [7, 11) is 3.99. The van der Waals surface area contributed by atoms with Crippen molar-refractivity contribution in [2.45, 2.75) is 25.8 Å². The molecule has 1 unspecified atom stereocenters. The molecule has 2 aromatic carbocycles. The number of halogens is 1. The molecular weight excluding hydrogens is 320 g/mol. The topological polar surface area (TPSA) is 32.3 Å². The third-order valence-electron chi connectivity index (χ3n) is 3.94. The van der Waals surface area contributed by atoms with E-state index in [1.807, 2.05) is 73.6 Å². The van der Waals surface area contributed by atoms with Crippen LogP contribution in [0.2, 0.25) is 0 Å². The van der Waals surface area contributed by atoms with Crippen molar-refractivity contribution in [3.05, 3.63) is 65.7 Å². The second-order valence-electron chi connectivity index (χ2n) is 5.96. The smallest absolute Gasteiger partial charge is 0.184 e. The molecule has 0 saturated heterocycles. The van der Waals surface area contributed by atoms with Gasteiger partial charge in [0, 0.05) is 25.3 Å². The lowest BCUT2D eigenvalue weighted by molar-refractivity contribution is 0.0943. The van der Waals surface area contributed by atoms with Crippen molar-refractivity contribution in [1.82, 2.24) is 5.32 Å². The van der Waals surface area contributed by atoms with Crippen molar-refractivity contribution < 1.29 is 4.79 Å². The number of benzene rings is 2. The molecule has 130 valence electrons. The maximum Gasteiger partial charge on any atom is 0.184 e. The predicted octanol–water partition coefficient (Wildman–Crippen LogP) is 4.49. The highest BCUT2D eigenvalue weighted by molar-refractivity contribution is 6.01. The van der Waals surface area contributed by atoms with Gasteiger partial charge in [0.1, 0.15) is 0 Å². The largest absolute Gasteiger partial charge is 0.378 e. The molecule has 1 N–H and O–H groups in total. The summed E-state index contributed by atoms with van der Waals surface area (Å²) in [6, 6.07) is 17.5. The first kappa shape index (κ1) is 20.2. The standard InChI is InChI=1S/C20H26N2O.ClH/c1-4-5-15-21-19(16-9-7-6-8-10-16)20(23)17-11-13-18(14-12-17)22(2)3;/h6-14,19,21H,4-5,15H2,1-3H3;1H. The van der Waals surface area contributed by atoms with Gasteiger partial charge >= 0.3 is 0 Å². The minimum Gasteiger partial charge on any atom is -0.378 e. The van der Waals surface area contributed by atoms with E-state index in [9.17, 15) is 4.79 Å². The number of rotatable bonds is 8. The maximum atomic E-state index is 12.9. The lowest BCUT2D eigenvalue weighted by Crippen LogP contribution is -2.29. The van der Waals surface area contributed by atoms with Gasteiger partial charge in [-0.1, -0.05) is 43.7 Å². The number of carbonyl (C=O) groups is 1. The molecule has 4 heteroatoms. The van der Waals surface area contributed by atoms with Gasteiger partial charge in [0.15, 0.2) is 5.78 Å². The Balaban J connectivity index is 0.00000288. The number of anilines is 1. The lowest BCUT2D eigenvalue weighted by Gasteiger charge is -2.19. The molecule has 24 heavy (non-hydrogen) atoms. The summed E-state index contributed by atoms with van der Waals surface area (Å²) < 4.78 is 0. The van der Waals surface area contributed by atoms with Gasteiger partial charge < -0.3 is 10.2 Å². The Kier molecular flexibility index (Phi) is 8.51. The average Bonchev–Trinajstić information content (AvgIpc) is 2.59. The van der Waals surface area contributed by atoms with Gasteiger partial charge in [0.25, 0.3) is 0 Å². The fourth-order valence-electron chi connectivity index (χ4n) is 2.52. The van der Waals surface area contributed by atoms with Crippen molar-refractivity contribution >= 4 is 23.9 Å². The molecular formula is C20H27ClN2O. The molecule has 1 atom stereocenters. The SMILES string of the molecule is CCCCNC(C(=O)c1ccc(N(C)C)cc1)c1ccccc1.Cl. The highest BCUT2D eigenvalue weighted by atomic mass is 35.5. The number of nitrogens with one attached hydrogen (secondary N) is 1. The number of hydrogen-bond acceptors (Lipinski definition) is 3. The summed E-state index contributed by atoms with van der Waals surface area (Å²) in [5.74, 6) is 0.123. The molecule has 2 aromatic rings. The number of carbonyl (C=O) groups excluding carboxylic acids is 1. The second kappa shape index (κ2) is 10.1. The summed E-state index contributed by atoms with van der Waals surface area (Å²) in [6.07, 6.45) is 2.18. The molecule has 0 bridgehead atoms. The Hall–Kier alpha value is -1.84. The van der Waals surface area contributed by atoms with Gasteiger partial charge in [-0.15, -0.1) is 12.4 Å². The van der Waals surface area contributed by atoms with Crippen molar-refractivity contribution in [3.63, 3.8) is 0 Å². The Morgan fingerprint density at radius 1 is 1.04 bits per heavy atom. The summed E-state index contributed by atoms with van der Waals surface area (Å²) in [5, 5.41) is 3.41. The summed E-state index contributed by atoms with van der Waals surface area (Å²) in [5.41, 5.74) is 2.86. The average molecular weight is 347 g/mol. The van der Waals surface area contributed by atoms with Crippen molar-refractivity contribution in [2.75, 3.05) is 25.5 Å². The van der Waals surface area contributed by atoms with E-state index in [0.717, 1.165) is 36.2 Å². The van der Waals surface area contributed by atoms with Crippen molar-refractivity contribution in [1.29, 1.82) is 0 Å². The van der Waals surface area contributed by atoms with Gasteiger partial charge in [0.05, 0.1) is 6.04 Å². The maximum absolute atomic E-state index is 12.9. The van der Waals surface area contributed by atoms with E-state index >= 15 is 0 Å². The molecule has 0 aliphatic heterocycles. The Morgan fingerprint density at radius 3 is 2.21 bits per heavy atom. The lowest BCUT2D eigenvalue weighted by atomic mass is 9.97. The number of ketones is 1. The third kappa shape index (κ3) is 5.36. The molecule has 0 heterocycles. The zero-order chi connectivity index (χ0) is 16.7. The van der Waals surface area contributed by atoms with Gasteiger partial charge in [-0.3, -0.25) is 4.79 Å². The van der Waals surface area contributed by atoms with Crippen LogP contribution in [0, 0.1) is 0 Å². The Labute approximate surface area is 151 Å². The molecule has 0 saturated carbocycles. The van der Waals surface area contributed by atoms with Crippen molar-refractivity contribution in [2.24, 2.45) is 0 Å². The van der Waals surface area contributed by atoms with Crippen LogP contribution in [-0.4, -0.2) is 26.4 Å². The van der Waals surface area contributed by atoms with E-state index in [2.05, 4.69) is 12.2 Å². The number of Topliss-reactive ketones (excluding diaryl/α,β-unsaturated/α-hetero) is 1. The highest BCUT2D eigenvalue weighted by Crippen LogP contribution is 2.20. The Morgan fingerprint density at radius 2 is 1.67 bits per heavy atom. The van der Waals surface area contributed by atoms with Gasteiger partial charge in [-0.2, -0.15) is 0 Å².